The maximum absolute atomic E-state index is 13.0. The summed E-state index contributed by atoms with van der Waals surface area (Å²) in [6.07, 6.45) is 1.56. The third-order valence-corrected chi connectivity index (χ3v) is 6.61. The molecule has 10 heteroatoms. The molecule has 1 aliphatic rings. The van der Waals surface area contributed by atoms with E-state index in [0.717, 1.165) is 21.6 Å². The Balaban J connectivity index is 1.53. The molecule has 4 rings (SSSR count). The first kappa shape index (κ1) is 18.8. The van der Waals surface area contributed by atoms with E-state index in [1.165, 1.54) is 12.1 Å². The Morgan fingerprint density at radius 3 is 2.61 bits per heavy atom. The Kier molecular flexibility index (Phi) is 4.77. The molecular formula is C18H19N5O3S2. The third-order valence-electron chi connectivity index (χ3n) is 4.88. The maximum Gasteiger partial charge on any atom is 0.254 e. The molecule has 1 aromatic carbocycles. The molecular weight excluding hydrogens is 398 g/mol. The molecule has 0 aliphatic carbocycles. The maximum atomic E-state index is 13.0. The number of fused-ring (bicyclic) bond motifs is 1. The quantitative estimate of drug-likeness (QED) is 0.693. The predicted octanol–water partition coefficient (Wildman–Crippen LogP) is 1.61. The number of amides is 1. The van der Waals surface area contributed by atoms with E-state index in [-0.39, 0.29) is 10.8 Å². The van der Waals surface area contributed by atoms with Crippen molar-refractivity contribution in [2.24, 2.45) is 5.14 Å². The summed E-state index contributed by atoms with van der Waals surface area (Å²) in [4.78, 5) is 26.4. The predicted molar refractivity (Wildman–Crippen MR) is 108 cm³/mol. The van der Waals surface area contributed by atoms with Gasteiger partial charge >= 0.3 is 0 Å². The zero-order chi connectivity index (χ0) is 19.9. The highest BCUT2D eigenvalue weighted by Crippen LogP contribution is 2.27. The second kappa shape index (κ2) is 7.12. The van der Waals surface area contributed by atoms with E-state index in [4.69, 9.17) is 5.14 Å². The van der Waals surface area contributed by atoms with Crippen molar-refractivity contribution in [2.75, 3.05) is 31.1 Å². The van der Waals surface area contributed by atoms with Gasteiger partial charge in [-0.2, -0.15) is 0 Å². The number of piperazine rings is 1. The number of nitrogens with two attached hydrogens (primary N) is 1. The van der Waals surface area contributed by atoms with Crippen LogP contribution in [0.15, 0.2) is 40.9 Å². The minimum atomic E-state index is -3.86. The molecule has 1 amide bonds. The van der Waals surface area contributed by atoms with Crippen LogP contribution in [-0.2, 0) is 10.0 Å². The number of aryl methyl sites for hydroxylation is 1. The van der Waals surface area contributed by atoms with Crippen molar-refractivity contribution in [1.82, 2.24) is 14.9 Å². The number of anilines is 1. The summed E-state index contributed by atoms with van der Waals surface area (Å²) in [6, 6.07) is 6.39. The first-order valence-electron chi connectivity index (χ1n) is 8.70. The van der Waals surface area contributed by atoms with Gasteiger partial charge in [0.2, 0.25) is 10.0 Å². The molecule has 3 heterocycles. The summed E-state index contributed by atoms with van der Waals surface area (Å²) in [6.45, 7) is 4.11. The van der Waals surface area contributed by atoms with Crippen LogP contribution in [0.1, 0.15) is 15.9 Å². The number of carbonyl (C=O) groups is 1. The molecule has 0 bridgehead atoms. The van der Waals surface area contributed by atoms with E-state index in [0.29, 0.717) is 31.7 Å². The number of aromatic nitrogens is 2. The summed E-state index contributed by atoms with van der Waals surface area (Å²) in [5.41, 5.74) is 1.08. The van der Waals surface area contributed by atoms with Gasteiger partial charge in [0.25, 0.3) is 5.91 Å². The molecule has 0 radical (unpaired) electrons. The highest BCUT2D eigenvalue weighted by Gasteiger charge is 2.25. The lowest BCUT2D eigenvalue weighted by molar-refractivity contribution is 0.0745. The Morgan fingerprint density at radius 1 is 1.14 bits per heavy atom. The fraction of sp³-hybridized carbons (Fsp3) is 0.278. The lowest BCUT2D eigenvalue weighted by atomic mass is 10.1. The number of nitrogens with zero attached hydrogens (tertiary/aromatic N) is 4. The van der Waals surface area contributed by atoms with Crippen LogP contribution in [0, 0.1) is 6.92 Å². The van der Waals surface area contributed by atoms with Crippen LogP contribution in [-0.4, -0.2) is 55.4 Å². The lowest BCUT2D eigenvalue weighted by Gasteiger charge is -2.35. The van der Waals surface area contributed by atoms with E-state index < -0.39 is 10.0 Å². The molecule has 1 saturated heterocycles. The largest absolute Gasteiger partial charge is 0.352 e. The number of rotatable bonds is 3. The summed E-state index contributed by atoms with van der Waals surface area (Å²) >= 11 is 1.57. The molecule has 1 fully saturated rings. The molecule has 0 unspecified atom stereocenters. The fourth-order valence-corrected chi connectivity index (χ4v) is 4.60. The monoisotopic (exact) mass is 417 g/mol. The molecule has 2 N–H and O–H groups in total. The number of hydrogen-bond donors (Lipinski definition) is 1. The van der Waals surface area contributed by atoms with Gasteiger partial charge in [0.05, 0.1) is 10.3 Å². The summed E-state index contributed by atoms with van der Waals surface area (Å²) in [7, 11) is -3.86. The van der Waals surface area contributed by atoms with Crippen molar-refractivity contribution < 1.29 is 13.2 Å². The van der Waals surface area contributed by atoms with Gasteiger partial charge in [0, 0.05) is 31.7 Å². The summed E-state index contributed by atoms with van der Waals surface area (Å²) in [5.74, 6) is 0.691. The molecule has 8 nitrogen and oxygen atoms in total. The van der Waals surface area contributed by atoms with E-state index in [1.807, 2.05) is 11.4 Å². The van der Waals surface area contributed by atoms with Crippen LogP contribution in [0.3, 0.4) is 0 Å². The third kappa shape index (κ3) is 3.46. The number of thiophene rings is 1. The lowest BCUT2D eigenvalue weighted by Crippen LogP contribution is -2.49. The number of benzene rings is 1. The SMILES string of the molecule is Cc1ccc(S(N)(=O)=O)cc1C(=O)N1CCN(c2ncnc3sccc23)CC1. The highest BCUT2D eigenvalue weighted by molar-refractivity contribution is 7.89. The minimum absolute atomic E-state index is 0.0547. The number of carbonyl (C=O) groups excluding carboxylic acids is 1. The number of hydrogen-bond acceptors (Lipinski definition) is 7. The van der Waals surface area contributed by atoms with E-state index in [2.05, 4.69) is 14.9 Å². The first-order valence-corrected chi connectivity index (χ1v) is 11.1. The van der Waals surface area contributed by atoms with Crippen molar-refractivity contribution in [3.63, 3.8) is 0 Å². The zero-order valence-corrected chi connectivity index (χ0v) is 16.8. The molecule has 1 aliphatic heterocycles. The summed E-state index contributed by atoms with van der Waals surface area (Å²) in [5, 5.41) is 8.21. The zero-order valence-electron chi connectivity index (χ0n) is 15.2. The standard InChI is InChI=1S/C18H19N5O3S2/c1-12-2-3-13(28(19,25)26)10-15(12)18(24)23-7-5-22(6-8-23)16-14-4-9-27-17(14)21-11-20-16/h2-4,9-11H,5-8H2,1H3,(H2,19,25,26). The van der Waals surface area contributed by atoms with Crippen molar-refractivity contribution in [1.29, 1.82) is 0 Å². The van der Waals surface area contributed by atoms with Gasteiger partial charge < -0.3 is 9.80 Å². The topological polar surface area (TPSA) is 109 Å². The first-order chi connectivity index (χ1) is 13.3. The van der Waals surface area contributed by atoms with Gasteiger partial charge in [0.1, 0.15) is 17.0 Å². The van der Waals surface area contributed by atoms with Crippen molar-refractivity contribution in [2.45, 2.75) is 11.8 Å². The molecule has 3 aromatic rings. The van der Waals surface area contributed by atoms with Gasteiger partial charge in [-0.1, -0.05) is 6.07 Å². The van der Waals surface area contributed by atoms with Crippen LogP contribution >= 0.6 is 11.3 Å². The smallest absolute Gasteiger partial charge is 0.254 e. The summed E-state index contributed by atoms with van der Waals surface area (Å²) < 4.78 is 23.2. The molecule has 28 heavy (non-hydrogen) atoms. The van der Waals surface area contributed by atoms with Gasteiger partial charge in [-0.25, -0.2) is 23.5 Å². The van der Waals surface area contributed by atoms with Gasteiger partial charge in [0.15, 0.2) is 0 Å². The number of primary sulfonamides is 1. The molecule has 2 aromatic heterocycles. The average Bonchev–Trinajstić information content (AvgIpc) is 3.16. The number of sulfonamides is 1. The van der Waals surface area contributed by atoms with Gasteiger partial charge in [-0.15, -0.1) is 11.3 Å². The van der Waals surface area contributed by atoms with Crippen molar-refractivity contribution in [3.05, 3.63) is 47.1 Å². The molecule has 0 saturated carbocycles. The Morgan fingerprint density at radius 2 is 1.89 bits per heavy atom. The van der Waals surface area contributed by atoms with Crippen LogP contribution in [0.5, 0.6) is 0 Å². The van der Waals surface area contributed by atoms with Gasteiger partial charge in [-0.05, 0) is 36.1 Å². The molecule has 0 spiro atoms. The van der Waals surface area contributed by atoms with E-state index >= 15 is 0 Å². The van der Waals surface area contributed by atoms with Crippen LogP contribution in [0.4, 0.5) is 5.82 Å². The van der Waals surface area contributed by atoms with Crippen LogP contribution in [0.25, 0.3) is 10.2 Å². The van der Waals surface area contributed by atoms with Crippen molar-refractivity contribution in [3.8, 4) is 0 Å². The second-order valence-corrected chi connectivity index (χ2v) is 9.09. The molecule has 0 atom stereocenters. The van der Waals surface area contributed by atoms with Gasteiger partial charge in [-0.3, -0.25) is 4.79 Å². The normalized spacial score (nSPS) is 15.2. The van der Waals surface area contributed by atoms with E-state index in [1.54, 1.807) is 35.6 Å². The van der Waals surface area contributed by atoms with E-state index in [9.17, 15) is 13.2 Å². The van der Waals surface area contributed by atoms with Crippen LogP contribution in [0.2, 0.25) is 0 Å². The minimum Gasteiger partial charge on any atom is -0.352 e. The Labute approximate surface area is 166 Å². The molecule has 146 valence electrons. The van der Waals surface area contributed by atoms with Crippen LogP contribution < -0.4 is 10.0 Å². The second-order valence-electron chi connectivity index (χ2n) is 6.64. The van der Waals surface area contributed by atoms with Crippen molar-refractivity contribution >= 4 is 43.3 Å². The Hall–Kier alpha value is -2.56. The average molecular weight is 418 g/mol. The highest BCUT2D eigenvalue weighted by atomic mass is 32.2. The fourth-order valence-electron chi connectivity index (χ4n) is 3.33. The Bertz CT molecular complexity index is 1150.